The van der Waals surface area contributed by atoms with Crippen molar-refractivity contribution in [3.63, 3.8) is 0 Å². The minimum absolute atomic E-state index is 0.0892. The molecule has 1 aliphatic heterocycles. The zero-order valence-corrected chi connectivity index (χ0v) is 10.9. The van der Waals surface area contributed by atoms with Crippen LogP contribution in [0.25, 0.3) is 0 Å². The van der Waals surface area contributed by atoms with Crippen LogP contribution in [0.15, 0.2) is 34.9 Å². The van der Waals surface area contributed by atoms with Crippen LogP contribution in [-0.2, 0) is 17.8 Å². The summed E-state index contributed by atoms with van der Waals surface area (Å²) in [4.78, 5) is 4.34. The minimum Gasteiger partial charge on any atom is -0.363 e. The van der Waals surface area contributed by atoms with E-state index in [0.29, 0.717) is 24.7 Å². The molecule has 0 unspecified atom stereocenters. The molecule has 1 aromatic carbocycles. The van der Waals surface area contributed by atoms with Crippen molar-refractivity contribution in [2.24, 2.45) is 0 Å². The maximum atomic E-state index is 5.76. The smallest absolute Gasteiger partial charge is 0.252 e. The third-order valence-corrected chi connectivity index (χ3v) is 3.26. The van der Waals surface area contributed by atoms with Gasteiger partial charge in [-0.05, 0) is 12.5 Å². The van der Waals surface area contributed by atoms with Crippen molar-refractivity contribution < 1.29 is 9.26 Å². The van der Waals surface area contributed by atoms with Gasteiger partial charge in [0, 0.05) is 19.5 Å². The number of nitrogens with one attached hydrogen (secondary N) is 1. The Bertz CT molecular complexity index is 535. The van der Waals surface area contributed by atoms with Crippen LogP contribution in [0, 0.1) is 0 Å². The number of nitrogens with zero attached hydrogens (tertiary/aromatic N) is 2. The van der Waals surface area contributed by atoms with Crippen LogP contribution in [0.4, 0.5) is 0 Å². The van der Waals surface area contributed by atoms with Crippen molar-refractivity contribution in [1.82, 2.24) is 15.5 Å². The van der Waals surface area contributed by atoms with Gasteiger partial charge < -0.3 is 14.6 Å². The Kier molecular flexibility index (Phi) is 3.31. The van der Waals surface area contributed by atoms with Gasteiger partial charge in [0.25, 0.3) is 5.89 Å². The lowest BCUT2D eigenvalue weighted by atomic mass is 10.0. The molecule has 1 saturated heterocycles. The molecule has 0 bridgehead atoms. The third kappa shape index (κ3) is 3.00. The first-order chi connectivity index (χ1) is 9.23. The van der Waals surface area contributed by atoms with E-state index in [1.165, 1.54) is 5.56 Å². The number of hydrogen-bond donors (Lipinski definition) is 1. The standard InChI is InChI=1S/C14H17N3O2/c1-14(9-15-10-14)18-8-13-16-12(17-19-13)7-11-5-3-2-4-6-11/h2-6,15H,7-10H2,1H3. The van der Waals surface area contributed by atoms with Crippen molar-refractivity contribution in [2.45, 2.75) is 25.6 Å². The molecule has 5 heteroatoms. The molecule has 0 saturated carbocycles. The van der Waals surface area contributed by atoms with E-state index in [2.05, 4.69) is 22.4 Å². The van der Waals surface area contributed by atoms with E-state index in [1.807, 2.05) is 30.3 Å². The van der Waals surface area contributed by atoms with Gasteiger partial charge in [0.1, 0.15) is 6.61 Å². The molecule has 0 spiro atoms. The number of rotatable bonds is 5. The second kappa shape index (κ2) is 5.11. The van der Waals surface area contributed by atoms with Gasteiger partial charge in [-0.15, -0.1) is 0 Å². The first kappa shape index (κ1) is 12.3. The summed E-state index contributed by atoms with van der Waals surface area (Å²) >= 11 is 0. The number of ether oxygens (including phenoxy) is 1. The summed E-state index contributed by atoms with van der Waals surface area (Å²) < 4.78 is 11.0. The molecule has 0 aliphatic carbocycles. The van der Waals surface area contributed by atoms with Gasteiger partial charge in [-0.1, -0.05) is 35.5 Å². The molecule has 0 atom stereocenters. The minimum atomic E-state index is -0.0892. The highest BCUT2D eigenvalue weighted by molar-refractivity contribution is 5.18. The van der Waals surface area contributed by atoms with Crippen LogP contribution in [0.3, 0.4) is 0 Å². The van der Waals surface area contributed by atoms with Gasteiger partial charge in [-0.3, -0.25) is 0 Å². The normalized spacial score (nSPS) is 17.1. The van der Waals surface area contributed by atoms with Gasteiger partial charge in [0.15, 0.2) is 5.82 Å². The fourth-order valence-corrected chi connectivity index (χ4v) is 2.01. The summed E-state index contributed by atoms with van der Waals surface area (Å²) in [5, 5.41) is 7.16. The fourth-order valence-electron chi connectivity index (χ4n) is 2.01. The molecule has 19 heavy (non-hydrogen) atoms. The van der Waals surface area contributed by atoms with Crippen LogP contribution >= 0.6 is 0 Å². The lowest BCUT2D eigenvalue weighted by molar-refractivity contribution is -0.0841. The number of hydrogen-bond acceptors (Lipinski definition) is 5. The Morgan fingerprint density at radius 2 is 2.11 bits per heavy atom. The third-order valence-electron chi connectivity index (χ3n) is 3.26. The van der Waals surface area contributed by atoms with Crippen molar-refractivity contribution in [3.8, 4) is 0 Å². The number of aromatic nitrogens is 2. The molecule has 1 aliphatic rings. The quantitative estimate of drug-likeness (QED) is 0.882. The zero-order valence-electron chi connectivity index (χ0n) is 10.9. The monoisotopic (exact) mass is 259 g/mol. The highest BCUT2D eigenvalue weighted by Gasteiger charge is 2.32. The van der Waals surface area contributed by atoms with Gasteiger partial charge >= 0.3 is 0 Å². The van der Waals surface area contributed by atoms with E-state index in [4.69, 9.17) is 9.26 Å². The Labute approximate surface area is 112 Å². The maximum Gasteiger partial charge on any atom is 0.252 e. The van der Waals surface area contributed by atoms with Crippen LogP contribution in [0.5, 0.6) is 0 Å². The van der Waals surface area contributed by atoms with Crippen LogP contribution < -0.4 is 5.32 Å². The number of benzene rings is 1. The van der Waals surface area contributed by atoms with E-state index in [-0.39, 0.29) is 5.60 Å². The average Bonchev–Trinajstić information content (AvgIpc) is 2.83. The molecule has 5 nitrogen and oxygen atoms in total. The van der Waals surface area contributed by atoms with Crippen LogP contribution in [-0.4, -0.2) is 28.8 Å². The van der Waals surface area contributed by atoms with Crippen molar-refractivity contribution in [1.29, 1.82) is 0 Å². The molecule has 1 fully saturated rings. The van der Waals surface area contributed by atoms with Gasteiger partial charge in [0.2, 0.25) is 0 Å². The lowest BCUT2D eigenvalue weighted by Crippen LogP contribution is -2.58. The van der Waals surface area contributed by atoms with E-state index in [1.54, 1.807) is 0 Å². The first-order valence-electron chi connectivity index (χ1n) is 6.44. The highest BCUT2D eigenvalue weighted by atomic mass is 16.5. The summed E-state index contributed by atoms with van der Waals surface area (Å²) in [5.74, 6) is 1.24. The van der Waals surface area contributed by atoms with Gasteiger partial charge in [-0.25, -0.2) is 0 Å². The summed E-state index contributed by atoms with van der Waals surface area (Å²) in [7, 11) is 0. The summed E-state index contributed by atoms with van der Waals surface area (Å²) in [5.41, 5.74) is 1.08. The Morgan fingerprint density at radius 1 is 1.32 bits per heavy atom. The molecular weight excluding hydrogens is 242 g/mol. The Morgan fingerprint density at radius 3 is 2.79 bits per heavy atom. The summed E-state index contributed by atoms with van der Waals surface area (Å²) in [6.07, 6.45) is 0.684. The maximum absolute atomic E-state index is 5.76. The second-order valence-electron chi connectivity index (χ2n) is 5.11. The highest BCUT2D eigenvalue weighted by Crippen LogP contribution is 2.17. The molecule has 3 rings (SSSR count). The van der Waals surface area contributed by atoms with Crippen molar-refractivity contribution >= 4 is 0 Å². The Balaban J connectivity index is 1.57. The van der Waals surface area contributed by atoms with Gasteiger partial charge in [0.05, 0.1) is 5.60 Å². The molecule has 100 valence electrons. The molecule has 1 N–H and O–H groups in total. The average molecular weight is 259 g/mol. The SMILES string of the molecule is CC1(OCc2nc(Cc3ccccc3)no2)CNC1. The first-order valence-corrected chi connectivity index (χ1v) is 6.44. The van der Waals surface area contributed by atoms with E-state index >= 15 is 0 Å². The summed E-state index contributed by atoms with van der Waals surface area (Å²) in [6.45, 7) is 4.20. The predicted molar refractivity (Wildman–Crippen MR) is 69.6 cm³/mol. The second-order valence-corrected chi connectivity index (χ2v) is 5.11. The lowest BCUT2D eigenvalue weighted by Gasteiger charge is -2.38. The molecule has 0 amide bonds. The molecule has 2 aromatic rings. The van der Waals surface area contributed by atoms with Crippen molar-refractivity contribution in [2.75, 3.05) is 13.1 Å². The largest absolute Gasteiger partial charge is 0.363 e. The fraction of sp³-hybridized carbons (Fsp3) is 0.429. The zero-order chi connectivity index (χ0) is 13.1. The van der Waals surface area contributed by atoms with E-state index in [0.717, 1.165) is 13.1 Å². The van der Waals surface area contributed by atoms with Crippen molar-refractivity contribution in [3.05, 3.63) is 47.6 Å². The summed E-state index contributed by atoms with van der Waals surface area (Å²) in [6, 6.07) is 10.1. The van der Waals surface area contributed by atoms with E-state index in [9.17, 15) is 0 Å². The topological polar surface area (TPSA) is 60.2 Å². The van der Waals surface area contributed by atoms with Crippen LogP contribution in [0.1, 0.15) is 24.2 Å². The Hall–Kier alpha value is -1.72. The van der Waals surface area contributed by atoms with E-state index < -0.39 is 0 Å². The molecule has 0 radical (unpaired) electrons. The van der Waals surface area contributed by atoms with Gasteiger partial charge in [-0.2, -0.15) is 4.98 Å². The molecular formula is C14H17N3O2. The molecule has 1 aromatic heterocycles. The molecule has 2 heterocycles. The van der Waals surface area contributed by atoms with Crippen LogP contribution in [0.2, 0.25) is 0 Å². The predicted octanol–water partition coefficient (Wildman–Crippen LogP) is 1.54.